The van der Waals surface area contributed by atoms with Crippen LogP contribution in [0.1, 0.15) is 45.7 Å². The Morgan fingerprint density at radius 2 is 1.91 bits per heavy atom. The number of amides is 1. The smallest absolute Gasteiger partial charge is 0.255 e. The summed E-state index contributed by atoms with van der Waals surface area (Å²) < 4.78 is 0. The molecule has 3 aliphatic rings. The number of fused-ring (bicyclic) bond motifs is 1. The van der Waals surface area contributed by atoms with Crippen molar-refractivity contribution in [1.82, 2.24) is 20.1 Å². The minimum atomic E-state index is 0.0722. The highest BCUT2D eigenvalue weighted by molar-refractivity contribution is 5.97. The molecule has 3 aliphatic heterocycles. The fraction of sp³-hybridized carbons (Fsp3) is 0.519. The summed E-state index contributed by atoms with van der Waals surface area (Å²) in [6.45, 7) is 10.8. The van der Waals surface area contributed by atoms with Crippen molar-refractivity contribution < 1.29 is 4.79 Å². The van der Waals surface area contributed by atoms with Crippen molar-refractivity contribution in [2.75, 3.05) is 45.8 Å². The molecule has 4 heterocycles. The largest absolute Gasteiger partial charge is 0.338 e. The zero-order chi connectivity index (χ0) is 23.0. The molecule has 1 aromatic carbocycles. The van der Waals surface area contributed by atoms with Gasteiger partial charge in [0.15, 0.2) is 0 Å². The molecule has 0 aliphatic carbocycles. The first-order chi connectivity index (χ1) is 16.0. The lowest BCUT2D eigenvalue weighted by Gasteiger charge is -2.31. The van der Waals surface area contributed by atoms with E-state index in [2.05, 4.69) is 51.6 Å². The zero-order valence-electron chi connectivity index (χ0n) is 19.7. The van der Waals surface area contributed by atoms with Crippen LogP contribution in [0, 0.1) is 37.0 Å². The first kappa shape index (κ1) is 22.1. The Balaban J connectivity index is 1.20. The van der Waals surface area contributed by atoms with Crippen molar-refractivity contribution in [3.8, 4) is 6.07 Å². The molecule has 3 unspecified atom stereocenters. The van der Waals surface area contributed by atoms with Gasteiger partial charge in [-0.2, -0.15) is 5.26 Å². The normalized spacial score (nSPS) is 27.0. The van der Waals surface area contributed by atoms with Gasteiger partial charge in [-0.1, -0.05) is 30.3 Å². The maximum atomic E-state index is 13.3. The summed E-state index contributed by atoms with van der Waals surface area (Å²) in [6.07, 6.45) is 2.39. The van der Waals surface area contributed by atoms with Crippen LogP contribution >= 0.6 is 0 Å². The van der Waals surface area contributed by atoms with Gasteiger partial charge in [0.25, 0.3) is 5.91 Å². The van der Waals surface area contributed by atoms with Crippen LogP contribution in [0.5, 0.6) is 0 Å². The number of likely N-dealkylation sites (tertiary alicyclic amines) is 2. The predicted octanol–water partition coefficient (Wildman–Crippen LogP) is 2.90. The van der Waals surface area contributed by atoms with E-state index in [9.17, 15) is 4.79 Å². The summed E-state index contributed by atoms with van der Waals surface area (Å²) >= 11 is 0. The van der Waals surface area contributed by atoms with Crippen LogP contribution in [0.15, 0.2) is 36.4 Å². The van der Waals surface area contributed by atoms with E-state index >= 15 is 0 Å². The molecular formula is C27H33N5O. The maximum absolute atomic E-state index is 13.3. The van der Waals surface area contributed by atoms with E-state index in [1.807, 2.05) is 18.7 Å². The molecule has 0 saturated carbocycles. The van der Waals surface area contributed by atoms with E-state index in [-0.39, 0.29) is 11.3 Å². The van der Waals surface area contributed by atoms with Crippen LogP contribution < -0.4 is 5.32 Å². The lowest BCUT2D eigenvalue weighted by Crippen LogP contribution is -2.37. The van der Waals surface area contributed by atoms with E-state index in [0.29, 0.717) is 28.8 Å². The molecule has 6 nitrogen and oxygen atoms in total. The third-order valence-corrected chi connectivity index (χ3v) is 8.11. The molecule has 1 amide bonds. The average molecular weight is 444 g/mol. The molecule has 6 heteroatoms. The molecule has 0 radical (unpaired) electrons. The van der Waals surface area contributed by atoms with Gasteiger partial charge < -0.3 is 15.1 Å². The third-order valence-electron chi connectivity index (χ3n) is 8.11. The minimum Gasteiger partial charge on any atom is -0.338 e. The number of hydrogen-bond acceptors (Lipinski definition) is 5. The molecule has 0 bridgehead atoms. The Bertz CT molecular complexity index is 1030. The molecule has 3 saturated heterocycles. The number of benzene rings is 1. The molecular weight excluding hydrogens is 410 g/mol. The van der Waals surface area contributed by atoms with Crippen LogP contribution in [0.4, 0.5) is 0 Å². The highest BCUT2D eigenvalue weighted by Crippen LogP contribution is 2.37. The van der Waals surface area contributed by atoms with Crippen LogP contribution in [0.25, 0.3) is 0 Å². The summed E-state index contributed by atoms with van der Waals surface area (Å²) in [4.78, 5) is 22.2. The molecule has 0 spiro atoms. The second-order valence-corrected chi connectivity index (χ2v) is 10.2. The van der Waals surface area contributed by atoms with E-state index in [1.54, 1.807) is 6.07 Å². The van der Waals surface area contributed by atoms with Crippen LogP contribution in [0.2, 0.25) is 0 Å². The number of nitriles is 1. The van der Waals surface area contributed by atoms with Gasteiger partial charge >= 0.3 is 0 Å². The van der Waals surface area contributed by atoms with Crippen molar-refractivity contribution in [2.24, 2.45) is 11.8 Å². The number of carbonyl (C=O) groups excluding carboxylic acids is 1. The predicted molar refractivity (Wildman–Crippen MR) is 128 cm³/mol. The molecule has 3 atom stereocenters. The SMILES string of the molecule is Cc1cc(C#N)nc(C)c1C(=O)N1CC2CN(CCC3(c4ccccc4)CCNC3)CC2C1. The van der Waals surface area contributed by atoms with Crippen molar-refractivity contribution >= 4 is 5.91 Å². The lowest BCUT2D eigenvalue weighted by molar-refractivity contribution is 0.0771. The zero-order valence-corrected chi connectivity index (χ0v) is 19.7. The fourth-order valence-corrected chi connectivity index (χ4v) is 6.32. The molecule has 1 aromatic heterocycles. The van der Waals surface area contributed by atoms with Gasteiger partial charge in [0.1, 0.15) is 11.8 Å². The van der Waals surface area contributed by atoms with Crippen LogP contribution in [-0.4, -0.2) is 66.5 Å². The number of nitrogens with zero attached hydrogens (tertiary/aromatic N) is 4. The Kier molecular flexibility index (Phi) is 5.94. The highest BCUT2D eigenvalue weighted by atomic mass is 16.2. The highest BCUT2D eigenvalue weighted by Gasteiger charge is 2.43. The van der Waals surface area contributed by atoms with Crippen molar-refractivity contribution in [3.63, 3.8) is 0 Å². The number of pyridine rings is 1. The summed E-state index contributed by atoms with van der Waals surface area (Å²) in [6, 6.07) is 14.8. The standard InChI is InChI=1S/C27H33N5O/c1-19-12-24(13-28)30-20(2)25(19)26(33)32-16-21-14-31(15-22(21)17-32)11-9-27(8-10-29-18-27)23-6-4-3-5-7-23/h3-7,12,21-22,29H,8-11,14-18H2,1-2H3. The van der Waals surface area contributed by atoms with E-state index in [0.717, 1.165) is 51.4 Å². The van der Waals surface area contributed by atoms with Gasteiger partial charge in [0.05, 0.1) is 11.3 Å². The number of aromatic nitrogens is 1. The van der Waals surface area contributed by atoms with E-state index in [1.165, 1.54) is 18.4 Å². The number of hydrogen-bond donors (Lipinski definition) is 1. The molecule has 1 N–H and O–H groups in total. The summed E-state index contributed by atoms with van der Waals surface area (Å²) in [5.74, 6) is 1.17. The second-order valence-electron chi connectivity index (χ2n) is 10.2. The molecule has 2 aromatic rings. The quantitative estimate of drug-likeness (QED) is 0.769. The second kappa shape index (κ2) is 8.89. The Labute approximate surface area is 196 Å². The fourth-order valence-electron chi connectivity index (χ4n) is 6.32. The summed E-state index contributed by atoms with van der Waals surface area (Å²) in [7, 11) is 0. The van der Waals surface area contributed by atoms with Crippen molar-refractivity contribution in [2.45, 2.75) is 32.1 Å². The van der Waals surface area contributed by atoms with Gasteiger partial charge in [0, 0.05) is 38.1 Å². The first-order valence-electron chi connectivity index (χ1n) is 12.2. The van der Waals surface area contributed by atoms with Gasteiger partial charge in [-0.15, -0.1) is 0 Å². The third kappa shape index (κ3) is 4.16. The molecule has 3 fully saturated rings. The maximum Gasteiger partial charge on any atom is 0.255 e. The topological polar surface area (TPSA) is 72.3 Å². The molecule has 5 rings (SSSR count). The van der Waals surface area contributed by atoms with Gasteiger partial charge in [-0.3, -0.25) is 4.79 Å². The Hall–Kier alpha value is -2.75. The van der Waals surface area contributed by atoms with Crippen LogP contribution in [-0.2, 0) is 5.41 Å². The van der Waals surface area contributed by atoms with Gasteiger partial charge in [-0.05, 0) is 68.8 Å². The van der Waals surface area contributed by atoms with Crippen molar-refractivity contribution in [1.29, 1.82) is 5.26 Å². The first-order valence-corrected chi connectivity index (χ1v) is 12.2. The number of nitrogens with one attached hydrogen (secondary N) is 1. The molecule has 33 heavy (non-hydrogen) atoms. The Morgan fingerprint density at radius 1 is 1.18 bits per heavy atom. The number of rotatable bonds is 5. The number of aryl methyl sites for hydroxylation is 2. The van der Waals surface area contributed by atoms with E-state index < -0.39 is 0 Å². The van der Waals surface area contributed by atoms with E-state index in [4.69, 9.17) is 5.26 Å². The van der Waals surface area contributed by atoms with Gasteiger partial charge in [0.2, 0.25) is 0 Å². The minimum absolute atomic E-state index is 0.0722. The molecule has 172 valence electrons. The van der Waals surface area contributed by atoms with Gasteiger partial charge in [-0.25, -0.2) is 4.98 Å². The summed E-state index contributed by atoms with van der Waals surface area (Å²) in [5.41, 5.74) is 4.27. The Morgan fingerprint density at radius 3 is 2.52 bits per heavy atom. The lowest BCUT2D eigenvalue weighted by atomic mass is 9.77. The van der Waals surface area contributed by atoms with Crippen molar-refractivity contribution in [3.05, 3.63) is 64.5 Å². The summed E-state index contributed by atoms with van der Waals surface area (Å²) in [5, 5.41) is 12.7. The monoisotopic (exact) mass is 443 g/mol. The average Bonchev–Trinajstić information content (AvgIpc) is 3.53. The van der Waals surface area contributed by atoms with Crippen LogP contribution in [0.3, 0.4) is 0 Å². The number of carbonyl (C=O) groups is 1.